The quantitative estimate of drug-likeness (QED) is 0.0533. The molecule has 0 aliphatic heterocycles. The molecule has 606 valence electrons. The number of unbranched alkanes of at least 4 members (excludes halogenated alkanes) is 2. The first-order valence-electron chi connectivity index (χ1n) is 44.7. The summed E-state index contributed by atoms with van der Waals surface area (Å²) in [5.74, 6) is 0. The third kappa shape index (κ3) is 13.7. The molecule has 3 aliphatic rings. The molecule has 17 aromatic rings. The summed E-state index contributed by atoms with van der Waals surface area (Å²) < 4.78 is 0. The average molecular weight is 1620 g/mol. The third-order valence-electron chi connectivity index (χ3n) is 27.0. The zero-order valence-corrected chi connectivity index (χ0v) is 71.9. The SMILES string of the molecule is C=CC1=C(/C=C\C)C(c2ccccc2)(c2ccc(C=C)cc2)c2cc(N(c3ccc(-c4ccccc4)cc3)c3ccc(-c4ccc5c(c4)C(c4ccc(CCCC)cc4)(c4ccc(CCCC)cc4)c4cc(-c6ccc(N(c7ccc(-c8ccccc8)cc7)c7ccc8c(c7)C(c7ccccc7)(c7ccc(C=C)cc7)c7ccccc7-8)cc6)ccc4-5)cc3)ccc21. The molecule has 0 amide bonds. The number of nitrogens with zero attached hydrogens (tertiary/aromatic N) is 2. The second-order valence-corrected chi connectivity index (χ2v) is 33.9. The molecule has 2 heteroatoms. The molecule has 0 fully saturated rings. The van der Waals surface area contributed by atoms with Gasteiger partial charge in [0.15, 0.2) is 0 Å². The monoisotopic (exact) mass is 1620 g/mol. The van der Waals surface area contributed by atoms with Gasteiger partial charge in [0, 0.05) is 34.1 Å². The Labute approximate surface area is 743 Å². The fourth-order valence-electron chi connectivity index (χ4n) is 20.9. The first-order chi connectivity index (χ1) is 62.2. The van der Waals surface area contributed by atoms with Gasteiger partial charge in [-0.2, -0.15) is 0 Å². The molecule has 0 bridgehead atoms. The van der Waals surface area contributed by atoms with Gasteiger partial charge in [0.1, 0.15) is 0 Å². The maximum atomic E-state index is 4.52. The highest BCUT2D eigenvalue weighted by Crippen LogP contribution is 2.62. The van der Waals surface area contributed by atoms with E-state index in [1.165, 1.54) is 117 Å². The summed E-state index contributed by atoms with van der Waals surface area (Å²) in [4.78, 5) is 4.89. The van der Waals surface area contributed by atoms with Crippen molar-refractivity contribution in [1.29, 1.82) is 0 Å². The van der Waals surface area contributed by atoms with Gasteiger partial charge in [-0.05, 0) is 284 Å². The number of fused-ring (bicyclic) bond motifs is 7. The molecule has 2 atom stereocenters. The van der Waals surface area contributed by atoms with Crippen LogP contribution in [0.2, 0.25) is 0 Å². The van der Waals surface area contributed by atoms with E-state index in [9.17, 15) is 0 Å². The van der Waals surface area contributed by atoms with E-state index in [0.29, 0.717) is 0 Å². The number of hydrogen-bond donors (Lipinski definition) is 0. The molecule has 0 aromatic heterocycles. The lowest BCUT2D eigenvalue weighted by Gasteiger charge is -2.36. The van der Waals surface area contributed by atoms with Gasteiger partial charge in [0.05, 0.1) is 16.2 Å². The normalized spacial score (nSPS) is 15.0. The lowest BCUT2D eigenvalue weighted by Crippen LogP contribution is -2.29. The number of anilines is 6. The fraction of sp³-hybridized carbons (Fsp3) is 0.0968. The minimum Gasteiger partial charge on any atom is -0.310 e. The Morgan fingerprint density at radius 1 is 0.246 bits per heavy atom. The number of hydrogen-bond acceptors (Lipinski definition) is 2. The van der Waals surface area contributed by atoms with Crippen LogP contribution in [0.1, 0.15) is 135 Å². The average Bonchev–Trinajstić information content (AvgIpc) is 1.54. The van der Waals surface area contributed by atoms with Crippen LogP contribution in [0.25, 0.3) is 84.5 Å². The Balaban J connectivity index is 0.722. The minimum absolute atomic E-state index is 0.614. The van der Waals surface area contributed by atoms with Gasteiger partial charge in [-0.1, -0.05) is 404 Å². The second-order valence-electron chi connectivity index (χ2n) is 33.9. The van der Waals surface area contributed by atoms with Crippen molar-refractivity contribution < 1.29 is 0 Å². The molecule has 0 spiro atoms. The van der Waals surface area contributed by atoms with E-state index in [1.807, 2.05) is 12.2 Å². The van der Waals surface area contributed by atoms with Crippen molar-refractivity contribution >= 4 is 51.8 Å². The smallest absolute Gasteiger partial charge is 0.0714 e. The standard InChI is InChI=1S/C124H100N2/c1-7-13-30-88-46-64-102(65-47-88)124(103-66-48-89(49-67-103)31-14-8-2)118-82-96(94-54-72-106(73-55-94)125(104-68-50-92(51-69-104)90-32-19-15-20-33-90)108-76-80-112-110(12-6)116(29-9-3)122(120(112)84-108,98-36-23-17-24-37-98)100-60-42-86(10-4)43-61-100)58-78-113(118)114-79-59-97(83-119(114)124)95-56-74-107(75-57-95)126(105-70-52-93(53-71-105)91-34-21-16-22-35-91)109-77-81-115-111-40-27-28-41-117(111)123(121(115)85-109,99-38-25-18-26-39-99)101-62-44-87(11-5)45-63-101/h9-12,15-29,32-85H,4-8,13-14,30-31H2,1-3H3/b29-9-. The molecule has 0 saturated heterocycles. The van der Waals surface area contributed by atoms with Crippen molar-refractivity contribution in [1.82, 2.24) is 0 Å². The van der Waals surface area contributed by atoms with Gasteiger partial charge < -0.3 is 9.80 Å². The van der Waals surface area contributed by atoms with Crippen LogP contribution in [0.15, 0.2) is 456 Å². The second kappa shape index (κ2) is 34.0. The molecule has 0 N–H and O–H groups in total. The summed E-state index contributed by atoms with van der Waals surface area (Å²) in [6.07, 6.45) is 17.0. The topological polar surface area (TPSA) is 6.48 Å². The molecule has 0 saturated carbocycles. The molecule has 126 heavy (non-hydrogen) atoms. The summed E-state index contributed by atoms with van der Waals surface area (Å²) in [7, 11) is 0. The van der Waals surface area contributed by atoms with Gasteiger partial charge in [0.25, 0.3) is 0 Å². The molecule has 17 aromatic carbocycles. The third-order valence-corrected chi connectivity index (χ3v) is 27.0. The summed E-state index contributed by atoms with van der Waals surface area (Å²) in [5, 5.41) is 0. The van der Waals surface area contributed by atoms with Crippen molar-refractivity contribution in [3.8, 4) is 66.8 Å². The molecule has 3 aliphatic carbocycles. The van der Waals surface area contributed by atoms with Gasteiger partial charge in [-0.25, -0.2) is 0 Å². The molecule has 0 radical (unpaired) electrons. The number of rotatable bonds is 26. The highest BCUT2D eigenvalue weighted by atomic mass is 15.1. The molecule has 2 unspecified atom stereocenters. The van der Waals surface area contributed by atoms with E-state index in [-0.39, 0.29) is 0 Å². The van der Waals surface area contributed by atoms with Gasteiger partial charge in [-0.3, -0.25) is 0 Å². The Hall–Kier alpha value is -15.0. The van der Waals surface area contributed by atoms with Gasteiger partial charge in [0.2, 0.25) is 0 Å². The Morgan fingerprint density at radius 2 is 0.540 bits per heavy atom. The molecular formula is C124H100N2. The van der Waals surface area contributed by atoms with Crippen LogP contribution in [-0.2, 0) is 29.1 Å². The van der Waals surface area contributed by atoms with Crippen LogP contribution in [0, 0.1) is 0 Å². The van der Waals surface area contributed by atoms with E-state index in [2.05, 4.69) is 481 Å². The number of allylic oxidation sites excluding steroid dienone is 5. The van der Waals surface area contributed by atoms with Crippen LogP contribution in [0.4, 0.5) is 34.1 Å². The predicted octanol–water partition coefficient (Wildman–Crippen LogP) is 32.9. The largest absolute Gasteiger partial charge is 0.310 e. The first-order valence-corrected chi connectivity index (χ1v) is 44.7. The van der Waals surface area contributed by atoms with E-state index in [1.54, 1.807) is 0 Å². The summed E-state index contributed by atoms with van der Waals surface area (Å²) in [6, 6.07) is 156. The Kier molecular flexibility index (Phi) is 21.5. The lowest BCUT2D eigenvalue weighted by atomic mass is 9.66. The maximum Gasteiger partial charge on any atom is 0.0714 e. The van der Waals surface area contributed by atoms with Gasteiger partial charge >= 0.3 is 0 Å². The van der Waals surface area contributed by atoms with Crippen molar-refractivity contribution in [2.75, 3.05) is 9.80 Å². The van der Waals surface area contributed by atoms with Crippen LogP contribution in [-0.4, -0.2) is 0 Å². The number of aryl methyl sites for hydroxylation is 2. The van der Waals surface area contributed by atoms with Crippen molar-refractivity contribution in [3.63, 3.8) is 0 Å². The zero-order chi connectivity index (χ0) is 85.3. The fourth-order valence-corrected chi connectivity index (χ4v) is 20.9. The Bertz CT molecular complexity index is 6890. The summed E-state index contributed by atoms with van der Waals surface area (Å²) in [5.41, 5.74) is 40.5. The highest BCUT2D eigenvalue weighted by molar-refractivity contribution is 5.96. The van der Waals surface area contributed by atoms with Crippen LogP contribution >= 0.6 is 0 Å². The first kappa shape index (κ1) is 79.5. The Morgan fingerprint density at radius 3 is 0.937 bits per heavy atom. The molecule has 0 heterocycles. The molecule has 20 rings (SSSR count). The lowest BCUT2D eigenvalue weighted by molar-refractivity contribution is 0.759. The van der Waals surface area contributed by atoms with Crippen LogP contribution < -0.4 is 9.80 Å². The van der Waals surface area contributed by atoms with Crippen molar-refractivity contribution in [2.24, 2.45) is 0 Å². The maximum absolute atomic E-state index is 4.52. The van der Waals surface area contributed by atoms with Crippen molar-refractivity contribution in [3.05, 3.63) is 545 Å². The zero-order valence-electron chi connectivity index (χ0n) is 71.9. The van der Waals surface area contributed by atoms with E-state index < -0.39 is 16.2 Å². The molecular weight excluding hydrogens is 1520 g/mol. The van der Waals surface area contributed by atoms with Crippen LogP contribution in [0.5, 0.6) is 0 Å². The van der Waals surface area contributed by atoms with Crippen LogP contribution in [0.3, 0.4) is 0 Å². The van der Waals surface area contributed by atoms with E-state index in [4.69, 9.17) is 0 Å². The number of benzene rings is 17. The van der Waals surface area contributed by atoms with E-state index >= 15 is 0 Å². The predicted molar refractivity (Wildman–Crippen MR) is 534 cm³/mol. The highest BCUT2D eigenvalue weighted by Gasteiger charge is 2.50. The summed E-state index contributed by atoms with van der Waals surface area (Å²) >= 11 is 0. The molecule has 2 nitrogen and oxygen atoms in total. The minimum atomic E-state index is -0.714. The summed E-state index contributed by atoms with van der Waals surface area (Å²) in [6.45, 7) is 19.5. The van der Waals surface area contributed by atoms with E-state index in [0.717, 1.165) is 123 Å². The van der Waals surface area contributed by atoms with Gasteiger partial charge in [-0.15, -0.1) is 0 Å². The van der Waals surface area contributed by atoms with Crippen molar-refractivity contribution in [2.45, 2.75) is 75.5 Å².